The zero-order valence-electron chi connectivity index (χ0n) is 8.69. The summed E-state index contributed by atoms with van der Waals surface area (Å²) in [4.78, 5) is 15.3. The summed E-state index contributed by atoms with van der Waals surface area (Å²) in [6, 6.07) is 3.23. The molecule has 1 aromatic rings. The normalized spacial score (nSPS) is 9.93. The predicted molar refractivity (Wildman–Crippen MR) is 57.5 cm³/mol. The van der Waals surface area contributed by atoms with Gasteiger partial charge >= 0.3 is 0 Å². The summed E-state index contributed by atoms with van der Waals surface area (Å²) in [6.07, 6.45) is 1.46. The fraction of sp³-hybridized carbons (Fsp3) is 0.400. The van der Waals surface area contributed by atoms with Crippen molar-refractivity contribution in [3.63, 3.8) is 0 Å². The van der Waals surface area contributed by atoms with Gasteiger partial charge in [-0.3, -0.25) is 4.79 Å². The molecule has 5 heteroatoms. The number of anilines is 1. The molecule has 0 aromatic carbocycles. The van der Waals surface area contributed by atoms with Crippen LogP contribution in [0.1, 0.15) is 17.4 Å². The highest BCUT2D eigenvalue weighted by molar-refractivity contribution is 5.92. The van der Waals surface area contributed by atoms with E-state index in [1.807, 2.05) is 6.92 Å². The molecule has 0 fully saturated rings. The third kappa shape index (κ3) is 3.95. The third-order valence-corrected chi connectivity index (χ3v) is 1.76. The lowest BCUT2D eigenvalue weighted by atomic mass is 10.3. The molecule has 82 valence electrons. The molecule has 1 amide bonds. The van der Waals surface area contributed by atoms with Crippen molar-refractivity contribution in [2.45, 2.75) is 6.92 Å². The molecule has 0 aliphatic heterocycles. The van der Waals surface area contributed by atoms with E-state index in [0.717, 1.165) is 0 Å². The van der Waals surface area contributed by atoms with Gasteiger partial charge in [0.1, 0.15) is 5.69 Å². The Labute approximate surface area is 88.6 Å². The number of hydrogen-bond donors (Lipinski definition) is 2. The van der Waals surface area contributed by atoms with Crippen molar-refractivity contribution >= 4 is 11.6 Å². The monoisotopic (exact) mass is 209 g/mol. The number of amides is 1. The van der Waals surface area contributed by atoms with Crippen LogP contribution >= 0.6 is 0 Å². The third-order valence-electron chi connectivity index (χ3n) is 1.76. The van der Waals surface area contributed by atoms with Crippen LogP contribution in [0.2, 0.25) is 0 Å². The molecule has 0 radical (unpaired) electrons. The summed E-state index contributed by atoms with van der Waals surface area (Å²) >= 11 is 0. The van der Waals surface area contributed by atoms with Crippen LogP contribution in [-0.2, 0) is 4.74 Å². The highest BCUT2D eigenvalue weighted by Crippen LogP contribution is 2.00. The average Bonchev–Trinajstić information content (AvgIpc) is 2.25. The minimum Gasteiger partial charge on any atom is -0.397 e. The first-order valence-electron chi connectivity index (χ1n) is 4.81. The molecule has 15 heavy (non-hydrogen) atoms. The van der Waals surface area contributed by atoms with Gasteiger partial charge in [-0.1, -0.05) is 0 Å². The molecule has 1 aromatic heterocycles. The van der Waals surface area contributed by atoms with Gasteiger partial charge in [0.05, 0.1) is 18.5 Å². The molecule has 0 atom stereocenters. The van der Waals surface area contributed by atoms with E-state index in [1.54, 1.807) is 12.1 Å². The van der Waals surface area contributed by atoms with Gasteiger partial charge in [-0.25, -0.2) is 4.98 Å². The molecule has 0 bridgehead atoms. The van der Waals surface area contributed by atoms with Gasteiger partial charge in [0, 0.05) is 13.2 Å². The van der Waals surface area contributed by atoms with Crippen LogP contribution < -0.4 is 11.1 Å². The second-order valence-electron chi connectivity index (χ2n) is 2.93. The van der Waals surface area contributed by atoms with Gasteiger partial charge in [0.15, 0.2) is 0 Å². The van der Waals surface area contributed by atoms with E-state index in [4.69, 9.17) is 10.5 Å². The lowest BCUT2D eigenvalue weighted by Gasteiger charge is -2.04. The minimum atomic E-state index is -0.213. The van der Waals surface area contributed by atoms with Gasteiger partial charge in [-0.15, -0.1) is 0 Å². The van der Waals surface area contributed by atoms with Crippen LogP contribution in [0.25, 0.3) is 0 Å². The number of nitrogens with two attached hydrogens (primary N) is 1. The van der Waals surface area contributed by atoms with Crippen LogP contribution in [0.3, 0.4) is 0 Å². The largest absolute Gasteiger partial charge is 0.397 e. The van der Waals surface area contributed by atoms with Gasteiger partial charge < -0.3 is 15.8 Å². The first kappa shape index (κ1) is 11.5. The second-order valence-corrected chi connectivity index (χ2v) is 2.93. The molecule has 0 unspecified atom stereocenters. The lowest BCUT2D eigenvalue weighted by Crippen LogP contribution is -2.27. The molecule has 0 saturated carbocycles. The Bertz CT molecular complexity index is 311. The number of aromatic nitrogens is 1. The van der Waals surface area contributed by atoms with E-state index in [0.29, 0.717) is 31.1 Å². The first-order chi connectivity index (χ1) is 7.24. The van der Waals surface area contributed by atoms with Gasteiger partial charge in [-0.05, 0) is 19.1 Å². The molecule has 1 rings (SSSR count). The van der Waals surface area contributed by atoms with Crippen molar-refractivity contribution < 1.29 is 9.53 Å². The van der Waals surface area contributed by atoms with Gasteiger partial charge in [-0.2, -0.15) is 0 Å². The van der Waals surface area contributed by atoms with Crippen molar-refractivity contribution in [3.8, 4) is 0 Å². The molecular formula is C10H15N3O2. The summed E-state index contributed by atoms with van der Waals surface area (Å²) in [5.41, 5.74) is 6.36. The fourth-order valence-electron chi connectivity index (χ4n) is 1.01. The Morgan fingerprint density at radius 3 is 3.00 bits per heavy atom. The number of nitrogens with one attached hydrogen (secondary N) is 1. The van der Waals surface area contributed by atoms with Crippen molar-refractivity contribution in [2.75, 3.05) is 25.5 Å². The number of nitrogens with zero attached hydrogens (tertiary/aromatic N) is 1. The summed E-state index contributed by atoms with van der Waals surface area (Å²) in [5.74, 6) is -0.213. The smallest absolute Gasteiger partial charge is 0.269 e. The van der Waals surface area contributed by atoms with E-state index >= 15 is 0 Å². The number of nitrogen functional groups attached to an aromatic ring is 1. The Kier molecular flexibility index (Phi) is 4.56. The highest BCUT2D eigenvalue weighted by atomic mass is 16.5. The van der Waals surface area contributed by atoms with Crippen LogP contribution in [0.5, 0.6) is 0 Å². The van der Waals surface area contributed by atoms with Crippen molar-refractivity contribution in [1.82, 2.24) is 10.3 Å². The lowest BCUT2D eigenvalue weighted by molar-refractivity contribution is 0.0918. The molecule has 0 saturated heterocycles. The van der Waals surface area contributed by atoms with Gasteiger partial charge in [0.25, 0.3) is 5.91 Å². The molecular weight excluding hydrogens is 194 g/mol. The molecule has 5 nitrogen and oxygen atoms in total. The standard InChI is InChI=1S/C10H15N3O2/c1-2-15-6-5-12-10(14)9-4-3-8(11)7-13-9/h3-4,7H,2,5-6,11H2,1H3,(H,12,14). The number of rotatable bonds is 5. The maximum Gasteiger partial charge on any atom is 0.269 e. The van der Waals surface area contributed by atoms with Gasteiger partial charge in [0.2, 0.25) is 0 Å². The summed E-state index contributed by atoms with van der Waals surface area (Å²) in [5, 5.41) is 2.69. The molecule has 0 aliphatic carbocycles. The predicted octanol–water partition coefficient (Wildman–Crippen LogP) is 0.430. The van der Waals surface area contributed by atoms with E-state index < -0.39 is 0 Å². The topological polar surface area (TPSA) is 77.2 Å². The van der Waals surface area contributed by atoms with Crippen LogP contribution in [-0.4, -0.2) is 30.6 Å². The van der Waals surface area contributed by atoms with Crippen LogP contribution in [0, 0.1) is 0 Å². The average molecular weight is 209 g/mol. The quantitative estimate of drug-likeness (QED) is 0.689. The van der Waals surface area contributed by atoms with E-state index in [9.17, 15) is 4.79 Å². The Balaban J connectivity index is 2.37. The van der Waals surface area contributed by atoms with Crippen LogP contribution in [0.4, 0.5) is 5.69 Å². The van der Waals surface area contributed by atoms with E-state index in [2.05, 4.69) is 10.3 Å². The van der Waals surface area contributed by atoms with Crippen molar-refractivity contribution in [1.29, 1.82) is 0 Å². The zero-order chi connectivity index (χ0) is 11.1. The number of hydrogen-bond acceptors (Lipinski definition) is 4. The Morgan fingerprint density at radius 1 is 1.60 bits per heavy atom. The maximum atomic E-state index is 11.4. The van der Waals surface area contributed by atoms with Crippen molar-refractivity contribution in [3.05, 3.63) is 24.0 Å². The van der Waals surface area contributed by atoms with Crippen LogP contribution in [0.15, 0.2) is 18.3 Å². The molecule has 1 heterocycles. The van der Waals surface area contributed by atoms with E-state index in [-0.39, 0.29) is 5.91 Å². The SMILES string of the molecule is CCOCCNC(=O)c1ccc(N)cn1. The summed E-state index contributed by atoms with van der Waals surface area (Å²) in [6.45, 7) is 3.55. The summed E-state index contributed by atoms with van der Waals surface area (Å²) < 4.78 is 5.08. The minimum absolute atomic E-state index is 0.213. The molecule has 3 N–H and O–H groups in total. The maximum absolute atomic E-state index is 11.4. The number of carbonyl (C=O) groups excluding carboxylic acids is 1. The fourth-order valence-corrected chi connectivity index (χ4v) is 1.01. The Hall–Kier alpha value is -1.62. The first-order valence-corrected chi connectivity index (χ1v) is 4.81. The molecule has 0 spiro atoms. The van der Waals surface area contributed by atoms with E-state index in [1.165, 1.54) is 6.20 Å². The summed E-state index contributed by atoms with van der Waals surface area (Å²) in [7, 11) is 0. The number of carbonyl (C=O) groups is 1. The number of pyridine rings is 1. The number of ether oxygens (including phenoxy) is 1. The highest BCUT2D eigenvalue weighted by Gasteiger charge is 2.04. The Morgan fingerprint density at radius 2 is 2.40 bits per heavy atom. The van der Waals surface area contributed by atoms with Crippen molar-refractivity contribution in [2.24, 2.45) is 0 Å². The molecule has 0 aliphatic rings. The zero-order valence-corrected chi connectivity index (χ0v) is 8.69. The second kappa shape index (κ2) is 5.98.